The summed E-state index contributed by atoms with van der Waals surface area (Å²) in [5, 5.41) is 33.6. The highest BCUT2D eigenvalue weighted by atomic mass is 16.7. The van der Waals surface area contributed by atoms with Crippen LogP contribution in [-0.2, 0) is 0 Å². The molecule has 0 radical (unpaired) electrons. The van der Waals surface area contributed by atoms with Gasteiger partial charge in [0.25, 0.3) is 0 Å². The molecular weight excluding hydrogens is 214 g/mol. The lowest BCUT2D eigenvalue weighted by molar-refractivity contribution is -0.655. The van der Waals surface area contributed by atoms with Gasteiger partial charge in [0.2, 0.25) is 0 Å². The van der Waals surface area contributed by atoms with Gasteiger partial charge in [-0.1, -0.05) is 0 Å². The van der Waals surface area contributed by atoms with Crippen LogP contribution in [0.2, 0.25) is 0 Å². The van der Waals surface area contributed by atoms with Crippen LogP contribution < -0.4 is 0 Å². The van der Waals surface area contributed by atoms with Crippen LogP contribution in [0.15, 0.2) is 11.6 Å². The van der Waals surface area contributed by atoms with Gasteiger partial charge < -0.3 is 5.32 Å². The van der Waals surface area contributed by atoms with Crippen molar-refractivity contribution in [1.82, 2.24) is 5.01 Å². The number of rotatable bonds is 3. The summed E-state index contributed by atoms with van der Waals surface area (Å²) in [6.07, 6.45) is 0. The van der Waals surface area contributed by atoms with E-state index in [1.807, 2.05) is 0 Å². The second-order valence-corrected chi connectivity index (χ2v) is 2.40. The molecule has 11 nitrogen and oxygen atoms in total. The second-order valence-electron chi connectivity index (χ2n) is 2.40. The van der Waals surface area contributed by atoms with Crippen molar-refractivity contribution >= 4 is 0 Å². The Balaban J connectivity index is 3.19. The predicted octanol–water partition coefficient (Wildman–Crippen LogP) is -0.453. The lowest BCUT2D eigenvalue weighted by atomic mass is 10.6. The first-order chi connectivity index (χ1) is 6.95. The Hall–Kier alpha value is -2.46. The topological polar surface area (TPSA) is 147 Å². The molecule has 11 heteroatoms. The minimum absolute atomic E-state index is 0.0819. The zero-order valence-corrected chi connectivity index (χ0v) is 7.10. The Morgan fingerprint density at radius 3 is 2.13 bits per heavy atom. The van der Waals surface area contributed by atoms with Gasteiger partial charge in [0.15, 0.2) is 5.82 Å². The van der Waals surface area contributed by atoms with Crippen molar-refractivity contribution in [3.05, 3.63) is 47.3 Å². The van der Waals surface area contributed by atoms with Gasteiger partial charge in [-0.3, -0.25) is 30.3 Å². The summed E-state index contributed by atoms with van der Waals surface area (Å²) in [6, 6.07) is 0. The highest BCUT2D eigenvalue weighted by Gasteiger charge is 2.35. The van der Waals surface area contributed by atoms with E-state index in [-0.39, 0.29) is 18.1 Å². The van der Waals surface area contributed by atoms with Gasteiger partial charge in [-0.15, -0.1) is 0 Å². The van der Waals surface area contributed by atoms with Gasteiger partial charge in [-0.25, -0.2) is 0 Å². The third kappa shape index (κ3) is 1.90. The average molecular weight is 218 g/mol. The fraction of sp³-hybridized carbons (Fsp3) is 0.500. The summed E-state index contributed by atoms with van der Waals surface area (Å²) in [7, 11) is 0. The third-order valence-electron chi connectivity index (χ3n) is 1.56. The van der Waals surface area contributed by atoms with Crippen molar-refractivity contribution < 1.29 is 14.9 Å². The Kier molecular flexibility index (Phi) is 2.64. The number of hydrazine groups is 1. The largest absolute Gasteiger partial charge is 0.563 e. The molecule has 15 heavy (non-hydrogen) atoms. The smallest absolute Gasteiger partial charge is 0.449 e. The predicted molar refractivity (Wildman–Crippen MR) is 42.9 cm³/mol. The molecule has 1 aliphatic rings. The van der Waals surface area contributed by atoms with Crippen LogP contribution in [0.25, 0.3) is 5.32 Å². The molecule has 0 aromatic heterocycles. The summed E-state index contributed by atoms with van der Waals surface area (Å²) in [4.78, 5) is 28.3. The van der Waals surface area contributed by atoms with E-state index < -0.39 is 26.5 Å². The molecule has 0 unspecified atom stereocenters. The maximum absolute atomic E-state index is 10.4. The first-order valence-electron chi connectivity index (χ1n) is 3.57. The molecule has 0 aromatic rings. The van der Waals surface area contributed by atoms with Crippen molar-refractivity contribution in [2.45, 2.75) is 0 Å². The van der Waals surface area contributed by atoms with Gasteiger partial charge >= 0.3 is 5.82 Å². The molecular formula is C4H4N5O6-. The summed E-state index contributed by atoms with van der Waals surface area (Å²) in [6.45, 7) is -0.297. The first-order valence-corrected chi connectivity index (χ1v) is 3.57. The molecule has 0 aromatic carbocycles. The molecule has 1 rings (SSSR count). The number of nitrogens with zero attached hydrogens (tertiary/aromatic N) is 5. The zero-order chi connectivity index (χ0) is 11.6. The van der Waals surface area contributed by atoms with Crippen LogP contribution in [0.4, 0.5) is 0 Å². The van der Waals surface area contributed by atoms with E-state index in [2.05, 4.69) is 5.32 Å². The van der Waals surface area contributed by atoms with E-state index in [0.717, 1.165) is 0 Å². The van der Waals surface area contributed by atoms with Crippen LogP contribution in [0.5, 0.6) is 0 Å². The minimum atomic E-state index is -1.48. The quantitative estimate of drug-likeness (QED) is 0.459. The second kappa shape index (κ2) is 3.73. The molecule has 1 saturated heterocycles. The fourth-order valence-corrected chi connectivity index (χ4v) is 1.01. The number of hydrogen-bond acceptors (Lipinski definition) is 6. The zero-order valence-electron chi connectivity index (χ0n) is 7.10. The normalized spacial score (nSPS) is 14.7. The Bertz CT molecular complexity index is 347. The molecule has 0 bridgehead atoms. The van der Waals surface area contributed by atoms with E-state index >= 15 is 0 Å². The monoisotopic (exact) mass is 218 g/mol. The van der Waals surface area contributed by atoms with Crippen LogP contribution in [0, 0.1) is 30.3 Å². The van der Waals surface area contributed by atoms with E-state index in [4.69, 9.17) is 0 Å². The standard InChI is InChI=1S/C4H4N5O6/c10-7(11)4(8(12)13)3-5-1-2-6(3)9(14)15/h1-2H2/q-1. The maximum atomic E-state index is 10.4. The fourth-order valence-electron chi connectivity index (χ4n) is 1.01. The van der Waals surface area contributed by atoms with E-state index in [0.29, 0.717) is 0 Å². The molecule has 0 spiro atoms. The van der Waals surface area contributed by atoms with E-state index in [1.54, 1.807) is 0 Å². The van der Waals surface area contributed by atoms with Gasteiger partial charge in [0.05, 0.1) is 5.03 Å². The molecule has 1 aliphatic heterocycles. The Morgan fingerprint density at radius 1 is 1.20 bits per heavy atom. The highest BCUT2D eigenvalue weighted by Crippen LogP contribution is 2.23. The maximum Gasteiger partial charge on any atom is 0.563 e. The van der Waals surface area contributed by atoms with Crippen LogP contribution in [-0.4, -0.2) is 33.0 Å². The molecule has 82 valence electrons. The van der Waals surface area contributed by atoms with E-state index in [9.17, 15) is 30.3 Å². The number of hydrogen-bond donors (Lipinski definition) is 0. The van der Waals surface area contributed by atoms with Crippen LogP contribution in [0.3, 0.4) is 0 Å². The molecule has 0 N–H and O–H groups in total. The van der Waals surface area contributed by atoms with Crippen LogP contribution in [0.1, 0.15) is 0 Å². The van der Waals surface area contributed by atoms with Gasteiger partial charge in [-0.2, -0.15) is 5.01 Å². The van der Waals surface area contributed by atoms with Crippen molar-refractivity contribution in [1.29, 1.82) is 0 Å². The highest BCUT2D eigenvalue weighted by molar-refractivity contribution is 5.20. The van der Waals surface area contributed by atoms with Crippen molar-refractivity contribution in [2.75, 3.05) is 13.1 Å². The summed E-state index contributed by atoms with van der Waals surface area (Å²) >= 11 is 0. The lowest BCUT2D eigenvalue weighted by Gasteiger charge is -2.13. The first kappa shape index (κ1) is 10.6. The Labute approximate surface area is 81.4 Å². The Morgan fingerprint density at radius 2 is 1.73 bits per heavy atom. The molecule has 0 amide bonds. The van der Waals surface area contributed by atoms with Gasteiger partial charge in [-0.05, 0) is 6.54 Å². The van der Waals surface area contributed by atoms with Crippen LogP contribution >= 0.6 is 0 Å². The number of nitro groups is 3. The molecule has 0 saturated carbocycles. The summed E-state index contributed by atoms with van der Waals surface area (Å²) in [5.74, 6) is -2.31. The average Bonchev–Trinajstić information content (AvgIpc) is 2.51. The van der Waals surface area contributed by atoms with Crippen molar-refractivity contribution in [3.63, 3.8) is 0 Å². The molecule has 0 atom stereocenters. The summed E-state index contributed by atoms with van der Waals surface area (Å²) < 4.78 is 0. The van der Waals surface area contributed by atoms with Crippen molar-refractivity contribution in [3.8, 4) is 0 Å². The third-order valence-corrected chi connectivity index (χ3v) is 1.56. The van der Waals surface area contributed by atoms with Gasteiger partial charge in [0, 0.05) is 6.54 Å². The van der Waals surface area contributed by atoms with Gasteiger partial charge in [0.1, 0.15) is 9.85 Å². The minimum Gasteiger partial charge on any atom is -0.449 e. The molecule has 1 fully saturated rings. The SMILES string of the molecule is O=[N+]([O-])C(=C1[N-]CCN1[N+](=O)[O-])[N+](=O)[O-]. The lowest BCUT2D eigenvalue weighted by Crippen LogP contribution is -2.28. The van der Waals surface area contributed by atoms with E-state index in [1.165, 1.54) is 0 Å². The van der Waals surface area contributed by atoms with Crippen molar-refractivity contribution in [2.24, 2.45) is 0 Å². The summed E-state index contributed by atoms with van der Waals surface area (Å²) in [5.41, 5.74) is 0. The molecule has 0 aliphatic carbocycles. The molecule has 1 heterocycles.